The molecule has 1 amide bonds. The van der Waals surface area contributed by atoms with Crippen LogP contribution in [-0.2, 0) is 11.2 Å². The average Bonchev–Trinajstić information content (AvgIpc) is 3.04. The number of aromatic nitrogens is 3. The second-order valence-electron chi connectivity index (χ2n) is 4.75. The fourth-order valence-corrected chi connectivity index (χ4v) is 2.26. The van der Waals surface area contributed by atoms with Crippen LogP contribution in [-0.4, -0.2) is 40.2 Å². The highest BCUT2D eigenvalue weighted by molar-refractivity contribution is 5.77. The molecule has 3 N–H and O–H groups in total. The van der Waals surface area contributed by atoms with Crippen LogP contribution in [0.25, 0.3) is 0 Å². The summed E-state index contributed by atoms with van der Waals surface area (Å²) < 4.78 is 0. The molecule has 6 nitrogen and oxygen atoms in total. The zero-order valence-corrected chi connectivity index (χ0v) is 10.6. The SMILES string of the molecule is O=C(CNC1CCCC1)NCCCc1ncn[nH]1. The first-order chi connectivity index (χ1) is 8.84. The van der Waals surface area contributed by atoms with E-state index in [1.807, 2.05) is 0 Å². The van der Waals surface area contributed by atoms with E-state index in [9.17, 15) is 4.79 Å². The molecule has 1 fully saturated rings. The van der Waals surface area contributed by atoms with Gasteiger partial charge >= 0.3 is 0 Å². The molecule has 18 heavy (non-hydrogen) atoms. The van der Waals surface area contributed by atoms with Gasteiger partial charge in [-0.05, 0) is 19.3 Å². The summed E-state index contributed by atoms with van der Waals surface area (Å²) in [6.45, 7) is 1.12. The van der Waals surface area contributed by atoms with E-state index < -0.39 is 0 Å². The number of aromatic amines is 1. The molecule has 6 heteroatoms. The van der Waals surface area contributed by atoms with Crippen LogP contribution in [0.4, 0.5) is 0 Å². The molecule has 0 saturated heterocycles. The van der Waals surface area contributed by atoms with E-state index in [1.165, 1.54) is 32.0 Å². The van der Waals surface area contributed by atoms with Crippen LogP contribution in [0.5, 0.6) is 0 Å². The maximum Gasteiger partial charge on any atom is 0.233 e. The molecular formula is C12H21N5O. The van der Waals surface area contributed by atoms with E-state index in [0.29, 0.717) is 19.1 Å². The summed E-state index contributed by atoms with van der Waals surface area (Å²) in [5.41, 5.74) is 0. The van der Waals surface area contributed by atoms with Crippen molar-refractivity contribution in [2.24, 2.45) is 0 Å². The maximum absolute atomic E-state index is 11.6. The first kappa shape index (κ1) is 13.0. The highest BCUT2D eigenvalue weighted by Crippen LogP contribution is 2.17. The third kappa shape index (κ3) is 4.44. The van der Waals surface area contributed by atoms with Crippen LogP contribution < -0.4 is 10.6 Å². The van der Waals surface area contributed by atoms with Crippen molar-refractivity contribution in [1.29, 1.82) is 0 Å². The van der Waals surface area contributed by atoms with E-state index in [-0.39, 0.29) is 5.91 Å². The first-order valence-electron chi connectivity index (χ1n) is 6.69. The van der Waals surface area contributed by atoms with Gasteiger partial charge in [-0.25, -0.2) is 4.98 Å². The first-order valence-corrected chi connectivity index (χ1v) is 6.69. The Labute approximate surface area is 107 Å². The molecular weight excluding hydrogens is 230 g/mol. The van der Waals surface area contributed by atoms with Gasteiger partial charge in [-0.2, -0.15) is 5.10 Å². The van der Waals surface area contributed by atoms with Crippen molar-refractivity contribution >= 4 is 5.91 Å². The molecule has 100 valence electrons. The van der Waals surface area contributed by atoms with Gasteiger partial charge in [0.05, 0.1) is 6.54 Å². The van der Waals surface area contributed by atoms with Gasteiger partial charge < -0.3 is 10.6 Å². The summed E-state index contributed by atoms with van der Waals surface area (Å²) in [5, 5.41) is 12.8. The third-order valence-electron chi connectivity index (χ3n) is 3.28. The summed E-state index contributed by atoms with van der Waals surface area (Å²) >= 11 is 0. The number of aryl methyl sites for hydroxylation is 1. The highest BCUT2D eigenvalue weighted by Gasteiger charge is 2.14. The third-order valence-corrected chi connectivity index (χ3v) is 3.28. The Morgan fingerprint density at radius 3 is 3.00 bits per heavy atom. The van der Waals surface area contributed by atoms with Gasteiger partial charge in [-0.15, -0.1) is 0 Å². The standard InChI is InChI=1S/C12H21N5O/c18-12(8-14-10-4-1-2-5-10)13-7-3-6-11-15-9-16-17-11/h9-10,14H,1-8H2,(H,13,18)(H,15,16,17). The normalized spacial score (nSPS) is 16.0. The van der Waals surface area contributed by atoms with E-state index in [1.54, 1.807) is 0 Å². The highest BCUT2D eigenvalue weighted by atomic mass is 16.1. The Bertz CT molecular complexity index is 345. The van der Waals surface area contributed by atoms with Gasteiger partial charge in [0, 0.05) is 19.0 Å². The molecule has 1 aromatic rings. The van der Waals surface area contributed by atoms with Gasteiger partial charge in [-0.1, -0.05) is 12.8 Å². The van der Waals surface area contributed by atoms with Gasteiger partial charge in [-0.3, -0.25) is 9.89 Å². The number of carbonyl (C=O) groups excluding carboxylic acids is 1. The van der Waals surface area contributed by atoms with Crippen LogP contribution in [0.1, 0.15) is 37.9 Å². The number of hydrogen-bond donors (Lipinski definition) is 3. The van der Waals surface area contributed by atoms with Gasteiger partial charge in [0.2, 0.25) is 5.91 Å². The summed E-state index contributed by atoms with van der Waals surface area (Å²) in [6, 6.07) is 0.546. The number of carbonyl (C=O) groups is 1. The smallest absolute Gasteiger partial charge is 0.233 e. The van der Waals surface area contributed by atoms with E-state index >= 15 is 0 Å². The zero-order chi connectivity index (χ0) is 12.6. The topological polar surface area (TPSA) is 82.7 Å². The van der Waals surface area contributed by atoms with E-state index in [4.69, 9.17) is 0 Å². The van der Waals surface area contributed by atoms with Crippen LogP contribution in [0.2, 0.25) is 0 Å². The minimum absolute atomic E-state index is 0.0828. The lowest BCUT2D eigenvalue weighted by atomic mass is 10.2. The number of nitrogens with zero attached hydrogens (tertiary/aromatic N) is 2. The molecule has 0 radical (unpaired) electrons. The van der Waals surface area contributed by atoms with Gasteiger partial charge in [0.25, 0.3) is 0 Å². The number of amides is 1. The number of nitrogens with one attached hydrogen (secondary N) is 3. The Morgan fingerprint density at radius 1 is 1.44 bits per heavy atom. The molecule has 0 spiro atoms. The van der Waals surface area contributed by atoms with Crippen molar-refractivity contribution in [3.05, 3.63) is 12.2 Å². The summed E-state index contributed by atoms with van der Waals surface area (Å²) in [7, 11) is 0. The van der Waals surface area contributed by atoms with E-state index in [0.717, 1.165) is 18.7 Å². The van der Waals surface area contributed by atoms with Gasteiger partial charge in [0.1, 0.15) is 12.2 Å². The minimum atomic E-state index is 0.0828. The van der Waals surface area contributed by atoms with Crippen molar-refractivity contribution in [3.8, 4) is 0 Å². The average molecular weight is 251 g/mol. The second kappa shape index (κ2) is 7.10. The fraction of sp³-hybridized carbons (Fsp3) is 0.750. The Morgan fingerprint density at radius 2 is 2.28 bits per heavy atom. The number of hydrogen-bond acceptors (Lipinski definition) is 4. The zero-order valence-electron chi connectivity index (χ0n) is 10.6. The van der Waals surface area contributed by atoms with Gasteiger partial charge in [0.15, 0.2) is 0 Å². The second-order valence-corrected chi connectivity index (χ2v) is 4.75. The lowest BCUT2D eigenvalue weighted by Gasteiger charge is -2.11. The molecule has 0 aromatic carbocycles. The Balaban J connectivity index is 1.49. The van der Waals surface area contributed by atoms with Crippen molar-refractivity contribution in [2.45, 2.75) is 44.6 Å². The Hall–Kier alpha value is -1.43. The van der Waals surface area contributed by atoms with E-state index in [2.05, 4.69) is 25.8 Å². The summed E-state index contributed by atoms with van der Waals surface area (Å²) in [4.78, 5) is 15.6. The monoisotopic (exact) mass is 251 g/mol. The minimum Gasteiger partial charge on any atom is -0.355 e. The maximum atomic E-state index is 11.6. The molecule has 1 saturated carbocycles. The molecule has 1 aliphatic carbocycles. The molecule has 1 aromatic heterocycles. The molecule has 0 unspecified atom stereocenters. The van der Waals surface area contributed by atoms with Crippen LogP contribution in [0.3, 0.4) is 0 Å². The molecule has 0 atom stereocenters. The summed E-state index contributed by atoms with van der Waals surface area (Å²) in [6.07, 6.45) is 8.19. The van der Waals surface area contributed by atoms with Crippen LogP contribution in [0.15, 0.2) is 6.33 Å². The molecule has 2 rings (SSSR count). The molecule has 0 aliphatic heterocycles. The van der Waals surface area contributed by atoms with Crippen molar-refractivity contribution in [3.63, 3.8) is 0 Å². The van der Waals surface area contributed by atoms with Crippen molar-refractivity contribution in [2.75, 3.05) is 13.1 Å². The predicted octanol–water partition coefficient (Wildman–Crippen LogP) is 0.386. The number of rotatable bonds is 7. The van der Waals surface area contributed by atoms with Crippen LogP contribution >= 0.6 is 0 Å². The molecule has 1 heterocycles. The van der Waals surface area contributed by atoms with Crippen molar-refractivity contribution < 1.29 is 4.79 Å². The predicted molar refractivity (Wildman–Crippen MR) is 68.0 cm³/mol. The lowest BCUT2D eigenvalue weighted by molar-refractivity contribution is -0.120. The van der Waals surface area contributed by atoms with Crippen molar-refractivity contribution in [1.82, 2.24) is 25.8 Å². The number of H-pyrrole nitrogens is 1. The van der Waals surface area contributed by atoms with Crippen LogP contribution in [0, 0.1) is 0 Å². The lowest BCUT2D eigenvalue weighted by Crippen LogP contribution is -2.38. The summed E-state index contributed by atoms with van der Waals surface area (Å²) in [5.74, 6) is 0.952. The molecule has 1 aliphatic rings. The molecule has 0 bridgehead atoms. The Kier molecular flexibility index (Phi) is 5.14. The fourth-order valence-electron chi connectivity index (χ4n) is 2.26. The largest absolute Gasteiger partial charge is 0.355 e. The quantitative estimate of drug-likeness (QED) is 0.612.